The standard InChI is InChI=1S/C31H28N2/c1-18-15-20(3)25-12-11-22(27-9-5-7-23(18)30(25)27)17-32-33-29-14-13-26-21(4)16-19(2)24-8-6-10-28(29)31(24)26/h5-16,18-19H,17H2,1-4H3. The SMILES string of the molecule is CC1=CC(C)c2cccc3c(CN=Nc4ccc5c6c(cccc46)C(C)C=C5C)ccc1c23. The fraction of sp³-hybridized carbons (Fsp3) is 0.226. The quantitative estimate of drug-likeness (QED) is 0.290. The molecule has 33 heavy (non-hydrogen) atoms. The van der Waals surface area contributed by atoms with Gasteiger partial charge in [-0.1, -0.05) is 80.6 Å². The van der Waals surface area contributed by atoms with Gasteiger partial charge < -0.3 is 0 Å². The van der Waals surface area contributed by atoms with E-state index >= 15 is 0 Å². The molecular formula is C31H28N2. The molecule has 0 N–H and O–H groups in total. The van der Waals surface area contributed by atoms with Crippen molar-refractivity contribution in [3.63, 3.8) is 0 Å². The van der Waals surface area contributed by atoms with Gasteiger partial charge in [-0.3, -0.25) is 0 Å². The highest BCUT2D eigenvalue weighted by Crippen LogP contribution is 2.42. The number of azo groups is 1. The summed E-state index contributed by atoms with van der Waals surface area (Å²) in [7, 11) is 0. The van der Waals surface area contributed by atoms with E-state index in [1.807, 2.05) is 0 Å². The van der Waals surface area contributed by atoms with Crippen LogP contribution in [-0.4, -0.2) is 0 Å². The summed E-state index contributed by atoms with van der Waals surface area (Å²) in [5.74, 6) is 0.863. The topological polar surface area (TPSA) is 24.7 Å². The maximum atomic E-state index is 4.73. The fourth-order valence-corrected chi connectivity index (χ4v) is 5.85. The van der Waals surface area contributed by atoms with E-state index in [9.17, 15) is 0 Å². The number of benzene rings is 4. The van der Waals surface area contributed by atoms with E-state index in [1.165, 1.54) is 60.5 Å². The van der Waals surface area contributed by atoms with Crippen molar-refractivity contribution < 1.29 is 0 Å². The van der Waals surface area contributed by atoms with Crippen LogP contribution in [0.2, 0.25) is 0 Å². The maximum Gasteiger partial charge on any atom is 0.0931 e. The highest BCUT2D eigenvalue weighted by atomic mass is 15.1. The molecule has 162 valence electrons. The molecule has 0 aromatic heterocycles. The predicted molar refractivity (Wildman–Crippen MR) is 140 cm³/mol. The molecule has 6 rings (SSSR count). The first-order valence-corrected chi connectivity index (χ1v) is 11.9. The van der Waals surface area contributed by atoms with Gasteiger partial charge >= 0.3 is 0 Å². The van der Waals surface area contributed by atoms with E-state index < -0.39 is 0 Å². The number of hydrogen-bond donors (Lipinski definition) is 0. The third-order valence-corrected chi connectivity index (χ3v) is 7.46. The molecule has 0 saturated carbocycles. The first-order valence-electron chi connectivity index (χ1n) is 11.9. The van der Waals surface area contributed by atoms with E-state index in [0.29, 0.717) is 18.4 Å². The molecular weight excluding hydrogens is 400 g/mol. The van der Waals surface area contributed by atoms with Crippen LogP contribution in [0, 0.1) is 0 Å². The zero-order valence-corrected chi connectivity index (χ0v) is 19.7. The lowest BCUT2D eigenvalue weighted by molar-refractivity contribution is 0.958. The molecule has 2 atom stereocenters. The lowest BCUT2D eigenvalue weighted by atomic mass is 9.82. The second-order valence-electron chi connectivity index (χ2n) is 9.62. The number of nitrogens with zero attached hydrogens (tertiary/aromatic N) is 2. The summed E-state index contributed by atoms with van der Waals surface area (Å²) in [5, 5.41) is 14.6. The number of allylic oxidation sites excluding steroid dienone is 4. The minimum atomic E-state index is 0.422. The second-order valence-corrected chi connectivity index (χ2v) is 9.62. The largest absolute Gasteiger partial charge is 0.184 e. The Labute approximate surface area is 195 Å². The molecule has 2 nitrogen and oxygen atoms in total. The Hall–Kier alpha value is -3.52. The van der Waals surface area contributed by atoms with Crippen molar-refractivity contribution in [3.05, 3.63) is 101 Å². The average molecular weight is 429 g/mol. The van der Waals surface area contributed by atoms with Crippen molar-refractivity contribution in [2.75, 3.05) is 0 Å². The fourth-order valence-electron chi connectivity index (χ4n) is 5.85. The Morgan fingerprint density at radius 3 is 1.91 bits per heavy atom. The minimum absolute atomic E-state index is 0.422. The van der Waals surface area contributed by atoms with Crippen LogP contribution in [0.3, 0.4) is 0 Å². The summed E-state index contributed by atoms with van der Waals surface area (Å²) in [6, 6.07) is 22.0. The molecule has 0 bridgehead atoms. The van der Waals surface area contributed by atoms with Crippen molar-refractivity contribution in [3.8, 4) is 0 Å². The van der Waals surface area contributed by atoms with Crippen LogP contribution in [0.4, 0.5) is 5.69 Å². The van der Waals surface area contributed by atoms with Gasteiger partial charge in [0.25, 0.3) is 0 Å². The van der Waals surface area contributed by atoms with E-state index in [-0.39, 0.29) is 0 Å². The summed E-state index contributed by atoms with van der Waals surface area (Å²) in [6.45, 7) is 9.55. The number of hydrogen-bond acceptors (Lipinski definition) is 2. The Morgan fingerprint density at radius 2 is 1.24 bits per heavy atom. The summed E-state index contributed by atoms with van der Waals surface area (Å²) in [5.41, 5.74) is 10.3. The van der Waals surface area contributed by atoms with E-state index in [1.54, 1.807) is 0 Å². The van der Waals surface area contributed by atoms with Gasteiger partial charge in [0.2, 0.25) is 0 Å². The monoisotopic (exact) mass is 428 g/mol. The molecule has 0 heterocycles. The Bertz CT molecular complexity index is 1530. The lowest BCUT2D eigenvalue weighted by Gasteiger charge is -2.22. The van der Waals surface area contributed by atoms with Crippen LogP contribution < -0.4 is 0 Å². The van der Waals surface area contributed by atoms with E-state index in [2.05, 4.69) is 101 Å². The predicted octanol–water partition coefficient (Wildman–Crippen LogP) is 9.32. The molecule has 2 unspecified atom stereocenters. The van der Waals surface area contributed by atoms with Crippen molar-refractivity contribution in [1.29, 1.82) is 0 Å². The Morgan fingerprint density at radius 1 is 0.667 bits per heavy atom. The second kappa shape index (κ2) is 7.52. The first-order chi connectivity index (χ1) is 16.0. The van der Waals surface area contributed by atoms with Gasteiger partial charge in [-0.15, -0.1) is 0 Å². The van der Waals surface area contributed by atoms with Crippen molar-refractivity contribution in [2.24, 2.45) is 10.2 Å². The summed E-state index contributed by atoms with van der Waals surface area (Å²) >= 11 is 0. The highest BCUT2D eigenvalue weighted by Gasteiger charge is 2.20. The Kier molecular flexibility index (Phi) is 4.58. The third-order valence-electron chi connectivity index (χ3n) is 7.46. The van der Waals surface area contributed by atoms with Gasteiger partial charge in [0.05, 0.1) is 12.2 Å². The van der Waals surface area contributed by atoms with Gasteiger partial charge in [-0.05, 0) is 75.0 Å². The molecule has 0 fully saturated rings. The van der Waals surface area contributed by atoms with Crippen molar-refractivity contribution in [1.82, 2.24) is 0 Å². The normalized spacial score (nSPS) is 19.3. The smallest absolute Gasteiger partial charge is 0.0931 e. The van der Waals surface area contributed by atoms with Gasteiger partial charge in [0, 0.05) is 17.2 Å². The Balaban J connectivity index is 1.40. The minimum Gasteiger partial charge on any atom is -0.184 e. The summed E-state index contributed by atoms with van der Waals surface area (Å²) < 4.78 is 0. The maximum absolute atomic E-state index is 4.73. The summed E-state index contributed by atoms with van der Waals surface area (Å²) in [4.78, 5) is 0. The first kappa shape index (κ1) is 20.1. The van der Waals surface area contributed by atoms with Gasteiger partial charge in [-0.25, -0.2) is 0 Å². The van der Waals surface area contributed by atoms with Crippen LogP contribution >= 0.6 is 0 Å². The molecule has 0 saturated heterocycles. The lowest BCUT2D eigenvalue weighted by Crippen LogP contribution is -2.02. The zero-order chi connectivity index (χ0) is 22.7. The van der Waals surface area contributed by atoms with Crippen molar-refractivity contribution in [2.45, 2.75) is 46.1 Å². The van der Waals surface area contributed by atoms with Gasteiger partial charge in [0.15, 0.2) is 0 Å². The molecule has 0 radical (unpaired) electrons. The third kappa shape index (κ3) is 3.08. The van der Waals surface area contributed by atoms with Crippen LogP contribution in [0.25, 0.3) is 32.7 Å². The van der Waals surface area contributed by atoms with Crippen LogP contribution in [-0.2, 0) is 6.54 Å². The van der Waals surface area contributed by atoms with Crippen LogP contribution in [0.15, 0.2) is 83.0 Å². The van der Waals surface area contributed by atoms with Crippen LogP contribution in [0.1, 0.15) is 67.3 Å². The average Bonchev–Trinajstić information content (AvgIpc) is 2.81. The van der Waals surface area contributed by atoms with Gasteiger partial charge in [-0.2, -0.15) is 10.2 Å². The molecule has 4 aromatic carbocycles. The molecule has 4 aromatic rings. The number of rotatable bonds is 3. The van der Waals surface area contributed by atoms with Gasteiger partial charge in [0.1, 0.15) is 0 Å². The molecule has 2 heteroatoms. The highest BCUT2D eigenvalue weighted by molar-refractivity contribution is 6.04. The summed E-state index contributed by atoms with van der Waals surface area (Å²) in [6.07, 6.45) is 4.72. The molecule has 2 aliphatic rings. The van der Waals surface area contributed by atoms with Crippen molar-refractivity contribution >= 4 is 38.4 Å². The molecule has 0 aliphatic heterocycles. The molecule has 2 aliphatic carbocycles. The van der Waals surface area contributed by atoms with E-state index in [0.717, 1.165) is 5.69 Å². The van der Waals surface area contributed by atoms with Crippen LogP contribution in [0.5, 0.6) is 0 Å². The molecule has 0 amide bonds. The molecule has 0 spiro atoms. The zero-order valence-electron chi connectivity index (χ0n) is 19.7. The van der Waals surface area contributed by atoms with E-state index in [4.69, 9.17) is 10.2 Å².